The molecular formula is C17H20BrNO3. The number of carbonyl (C=O) groups excluding carboxylic acids is 1. The molecule has 1 aliphatic rings. The third kappa shape index (κ3) is 2.86. The van der Waals surface area contributed by atoms with Gasteiger partial charge in [-0.2, -0.15) is 0 Å². The van der Waals surface area contributed by atoms with Gasteiger partial charge in [0, 0.05) is 27.9 Å². The smallest absolute Gasteiger partial charge is 0.410 e. The Morgan fingerprint density at radius 1 is 1.41 bits per heavy atom. The summed E-state index contributed by atoms with van der Waals surface area (Å²) < 4.78 is 12.5. The van der Waals surface area contributed by atoms with Gasteiger partial charge in [-0.05, 0) is 45.9 Å². The second-order valence-electron chi connectivity index (χ2n) is 6.81. The zero-order valence-electron chi connectivity index (χ0n) is 13.3. The van der Waals surface area contributed by atoms with Gasteiger partial charge in [-0.3, -0.25) is 0 Å². The van der Waals surface area contributed by atoms with Gasteiger partial charge >= 0.3 is 6.09 Å². The molecule has 0 N–H and O–H groups in total. The van der Waals surface area contributed by atoms with Crippen molar-refractivity contribution in [2.45, 2.75) is 52.3 Å². The van der Waals surface area contributed by atoms with Crippen LogP contribution < -0.4 is 0 Å². The molecule has 2 heterocycles. The highest BCUT2D eigenvalue weighted by molar-refractivity contribution is 9.10. The largest absolute Gasteiger partial charge is 0.461 e. The van der Waals surface area contributed by atoms with E-state index in [2.05, 4.69) is 15.9 Å². The monoisotopic (exact) mass is 365 g/mol. The third-order valence-electron chi connectivity index (χ3n) is 3.81. The molecule has 0 bridgehead atoms. The van der Waals surface area contributed by atoms with E-state index in [1.165, 1.54) is 0 Å². The third-order valence-corrected chi connectivity index (χ3v) is 4.30. The van der Waals surface area contributed by atoms with Crippen molar-refractivity contribution in [1.29, 1.82) is 0 Å². The Kier molecular flexibility index (Phi) is 3.71. The average molecular weight is 366 g/mol. The number of benzene rings is 1. The number of hydrogen-bond donors (Lipinski definition) is 0. The Labute approximate surface area is 138 Å². The van der Waals surface area contributed by atoms with Gasteiger partial charge in [-0.15, -0.1) is 0 Å². The fourth-order valence-corrected chi connectivity index (χ4v) is 3.12. The van der Waals surface area contributed by atoms with Gasteiger partial charge < -0.3 is 14.1 Å². The molecule has 1 aromatic carbocycles. The number of ether oxygens (including phenoxy) is 1. The number of carbonyl (C=O) groups is 1. The highest BCUT2D eigenvalue weighted by Gasteiger charge is 2.33. The van der Waals surface area contributed by atoms with Crippen molar-refractivity contribution in [3.8, 4) is 0 Å². The topological polar surface area (TPSA) is 42.7 Å². The maximum absolute atomic E-state index is 12.4. The summed E-state index contributed by atoms with van der Waals surface area (Å²) in [6.07, 6.45) is 0.443. The summed E-state index contributed by atoms with van der Waals surface area (Å²) in [7, 11) is 0. The number of hydrogen-bond acceptors (Lipinski definition) is 3. The van der Waals surface area contributed by atoms with E-state index in [-0.39, 0.29) is 12.1 Å². The molecule has 118 valence electrons. The summed E-state index contributed by atoms with van der Waals surface area (Å²) in [5.41, 5.74) is 1.46. The Balaban J connectivity index is 1.94. The van der Waals surface area contributed by atoms with Crippen molar-refractivity contribution >= 4 is 33.0 Å². The molecule has 0 saturated carbocycles. The highest BCUT2D eigenvalue weighted by atomic mass is 79.9. The van der Waals surface area contributed by atoms with Gasteiger partial charge in [0.2, 0.25) is 0 Å². The van der Waals surface area contributed by atoms with Gasteiger partial charge in [0.15, 0.2) is 0 Å². The lowest BCUT2D eigenvalue weighted by Crippen LogP contribution is -2.44. The van der Waals surface area contributed by atoms with Crippen LogP contribution in [0.5, 0.6) is 0 Å². The molecule has 0 fully saturated rings. The summed E-state index contributed by atoms with van der Waals surface area (Å²) in [5, 5.41) is 1.07. The van der Waals surface area contributed by atoms with Crippen LogP contribution in [0.25, 0.3) is 11.0 Å². The van der Waals surface area contributed by atoms with Crippen LogP contribution in [0.1, 0.15) is 39.0 Å². The first-order valence-corrected chi connectivity index (χ1v) is 8.23. The van der Waals surface area contributed by atoms with Crippen LogP contribution in [-0.2, 0) is 17.7 Å². The van der Waals surface area contributed by atoms with Crippen LogP contribution >= 0.6 is 15.9 Å². The SMILES string of the molecule is C[C@@H]1Cc2oc3cc(Br)ccc3c2CN1C(=O)OC(C)(C)C. The first-order valence-electron chi connectivity index (χ1n) is 7.44. The standard InChI is InChI=1S/C17H20BrNO3/c1-10-7-14-13(9-19(10)16(20)22-17(2,3)4)12-6-5-11(18)8-15(12)21-14/h5-6,8,10H,7,9H2,1-4H3/t10-/m1/s1. The molecule has 22 heavy (non-hydrogen) atoms. The molecule has 2 aromatic rings. The fourth-order valence-electron chi connectivity index (χ4n) is 2.78. The Morgan fingerprint density at radius 2 is 2.14 bits per heavy atom. The van der Waals surface area contributed by atoms with E-state index in [0.717, 1.165) is 26.8 Å². The van der Waals surface area contributed by atoms with E-state index in [9.17, 15) is 4.79 Å². The maximum Gasteiger partial charge on any atom is 0.410 e. The van der Waals surface area contributed by atoms with E-state index in [0.29, 0.717) is 13.0 Å². The lowest BCUT2D eigenvalue weighted by molar-refractivity contribution is 0.0132. The molecule has 1 atom stereocenters. The number of amides is 1. The van der Waals surface area contributed by atoms with E-state index in [1.807, 2.05) is 45.9 Å². The second-order valence-corrected chi connectivity index (χ2v) is 7.72. The molecule has 0 unspecified atom stereocenters. The van der Waals surface area contributed by atoms with Gasteiger partial charge in [-0.1, -0.05) is 15.9 Å². The van der Waals surface area contributed by atoms with Crippen LogP contribution in [-0.4, -0.2) is 22.6 Å². The first kappa shape index (κ1) is 15.4. The van der Waals surface area contributed by atoms with Gasteiger partial charge in [0.25, 0.3) is 0 Å². The van der Waals surface area contributed by atoms with E-state index < -0.39 is 5.60 Å². The van der Waals surface area contributed by atoms with Crippen molar-refractivity contribution < 1.29 is 13.9 Å². The molecule has 1 aromatic heterocycles. The molecule has 0 saturated heterocycles. The zero-order valence-corrected chi connectivity index (χ0v) is 14.9. The number of fused-ring (bicyclic) bond motifs is 3. The number of furan rings is 1. The van der Waals surface area contributed by atoms with E-state index in [1.54, 1.807) is 4.90 Å². The first-order chi connectivity index (χ1) is 10.2. The highest BCUT2D eigenvalue weighted by Crippen LogP contribution is 2.34. The molecule has 0 radical (unpaired) electrons. The summed E-state index contributed by atoms with van der Waals surface area (Å²) in [5.74, 6) is 0.973. The van der Waals surface area contributed by atoms with Crippen LogP contribution in [0, 0.1) is 0 Å². The molecule has 4 nitrogen and oxygen atoms in total. The van der Waals surface area contributed by atoms with E-state index in [4.69, 9.17) is 9.15 Å². The van der Waals surface area contributed by atoms with Crippen LogP contribution in [0.3, 0.4) is 0 Å². The summed E-state index contributed by atoms with van der Waals surface area (Å²) in [6, 6.07) is 6.06. The summed E-state index contributed by atoms with van der Waals surface area (Å²) in [4.78, 5) is 14.2. The zero-order chi connectivity index (χ0) is 16.1. The van der Waals surface area contributed by atoms with Gasteiger partial charge in [0.1, 0.15) is 16.9 Å². The number of halogens is 1. The Morgan fingerprint density at radius 3 is 2.82 bits per heavy atom. The number of rotatable bonds is 0. The van der Waals surface area contributed by atoms with E-state index >= 15 is 0 Å². The minimum absolute atomic E-state index is 0.0614. The molecule has 1 aliphatic heterocycles. The normalized spacial score (nSPS) is 18.4. The molecule has 3 rings (SSSR count). The van der Waals surface area contributed by atoms with Crippen LogP contribution in [0.2, 0.25) is 0 Å². The lowest BCUT2D eigenvalue weighted by Gasteiger charge is -2.34. The molecular weight excluding hydrogens is 346 g/mol. The minimum atomic E-state index is -0.486. The van der Waals surface area contributed by atoms with Gasteiger partial charge in [-0.25, -0.2) is 4.79 Å². The summed E-state index contributed by atoms with van der Waals surface area (Å²) in [6.45, 7) is 8.21. The second kappa shape index (κ2) is 5.30. The molecule has 5 heteroatoms. The predicted molar refractivity (Wildman–Crippen MR) is 88.9 cm³/mol. The maximum atomic E-state index is 12.4. The Hall–Kier alpha value is -1.49. The van der Waals surface area contributed by atoms with Crippen molar-refractivity contribution in [2.24, 2.45) is 0 Å². The molecule has 1 amide bonds. The van der Waals surface area contributed by atoms with Crippen LogP contribution in [0.4, 0.5) is 4.79 Å². The van der Waals surface area contributed by atoms with Crippen molar-refractivity contribution in [1.82, 2.24) is 4.90 Å². The minimum Gasteiger partial charge on any atom is -0.461 e. The predicted octanol–water partition coefficient (Wildman–Crippen LogP) is 4.88. The molecule has 0 aliphatic carbocycles. The van der Waals surface area contributed by atoms with Crippen molar-refractivity contribution in [3.05, 3.63) is 34.0 Å². The van der Waals surface area contributed by atoms with Gasteiger partial charge in [0.05, 0.1) is 6.54 Å². The Bertz CT molecular complexity index is 729. The average Bonchev–Trinajstić information content (AvgIpc) is 2.71. The molecule has 0 spiro atoms. The quantitative estimate of drug-likeness (QED) is 0.668. The summed E-state index contributed by atoms with van der Waals surface area (Å²) >= 11 is 3.46. The number of nitrogens with zero attached hydrogens (tertiary/aromatic N) is 1. The lowest BCUT2D eigenvalue weighted by atomic mass is 10.0. The van der Waals surface area contributed by atoms with Crippen molar-refractivity contribution in [3.63, 3.8) is 0 Å². The van der Waals surface area contributed by atoms with Crippen LogP contribution in [0.15, 0.2) is 27.1 Å². The van der Waals surface area contributed by atoms with Crippen molar-refractivity contribution in [2.75, 3.05) is 0 Å². The fraction of sp³-hybridized carbons (Fsp3) is 0.471.